The zero-order valence-corrected chi connectivity index (χ0v) is 9.60. The number of amides is 2. The molecule has 6 heteroatoms. The van der Waals surface area contributed by atoms with Crippen LogP contribution in [0.4, 0.5) is 10.5 Å². The van der Waals surface area contributed by atoms with Gasteiger partial charge in [-0.3, -0.25) is 0 Å². The van der Waals surface area contributed by atoms with Crippen LogP contribution in [-0.4, -0.2) is 37.4 Å². The van der Waals surface area contributed by atoms with Crippen molar-refractivity contribution in [1.29, 1.82) is 0 Å². The summed E-state index contributed by atoms with van der Waals surface area (Å²) in [6.45, 7) is 1.28. The van der Waals surface area contributed by atoms with Crippen molar-refractivity contribution in [2.45, 2.75) is 12.5 Å². The van der Waals surface area contributed by atoms with Gasteiger partial charge in [-0.1, -0.05) is 0 Å². The van der Waals surface area contributed by atoms with Crippen LogP contribution < -0.4 is 15.4 Å². The highest BCUT2D eigenvalue weighted by Gasteiger charge is 2.17. The van der Waals surface area contributed by atoms with Crippen molar-refractivity contribution in [3.8, 4) is 5.88 Å². The third kappa shape index (κ3) is 3.32. The minimum atomic E-state index is -0.243. The summed E-state index contributed by atoms with van der Waals surface area (Å²) in [5, 5.41) is 5.52. The molecule has 0 radical (unpaired) electrons. The molecule has 1 aromatic heterocycles. The highest BCUT2D eigenvalue weighted by molar-refractivity contribution is 5.89. The van der Waals surface area contributed by atoms with Gasteiger partial charge >= 0.3 is 6.03 Å². The van der Waals surface area contributed by atoms with Gasteiger partial charge in [0.05, 0.1) is 31.6 Å². The SMILES string of the molecule is COc1ccc(NC(=O)NC2CCOC2)cn1. The van der Waals surface area contributed by atoms with Gasteiger partial charge < -0.3 is 20.1 Å². The summed E-state index contributed by atoms with van der Waals surface area (Å²) in [5.41, 5.74) is 0.627. The maximum atomic E-state index is 11.6. The van der Waals surface area contributed by atoms with Crippen molar-refractivity contribution in [2.75, 3.05) is 25.6 Å². The molecule has 0 aromatic carbocycles. The lowest BCUT2D eigenvalue weighted by molar-refractivity contribution is 0.189. The molecule has 6 nitrogen and oxygen atoms in total. The van der Waals surface area contributed by atoms with E-state index in [0.29, 0.717) is 24.8 Å². The van der Waals surface area contributed by atoms with E-state index >= 15 is 0 Å². The molecule has 2 heterocycles. The van der Waals surface area contributed by atoms with E-state index in [1.54, 1.807) is 25.4 Å². The molecule has 0 spiro atoms. The Morgan fingerprint density at radius 1 is 1.59 bits per heavy atom. The van der Waals surface area contributed by atoms with Crippen LogP contribution in [-0.2, 0) is 4.74 Å². The Bertz CT molecular complexity index is 374. The normalized spacial score (nSPS) is 18.8. The first-order valence-electron chi connectivity index (χ1n) is 5.43. The van der Waals surface area contributed by atoms with Crippen LogP contribution in [0.5, 0.6) is 5.88 Å². The number of carbonyl (C=O) groups is 1. The number of rotatable bonds is 3. The first-order chi connectivity index (χ1) is 8.28. The Morgan fingerprint density at radius 3 is 3.06 bits per heavy atom. The molecule has 1 aliphatic heterocycles. The summed E-state index contributed by atoms with van der Waals surface area (Å²) in [6, 6.07) is 3.28. The molecule has 1 aromatic rings. The summed E-state index contributed by atoms with van der Waals surface area (Å²) in [4.78, 5) is 15.6. The second-order valence-electron chi connectivity index (χ2n) is 3.75. The molecule has 1 atom stereocenters. The third-order valence-corrected chi connectivity index (χ3v) is 2.47. The van der Waals surface area contributed by atoms with E-state index in [4.69, 9.17) is 9.47 Å². The van der Waals surface area contributed by atoms with Crippen molar-refractivity contribution < 1.29 is 14.3 Å². The summed E-state index contributed by atoms with van der Waals surface area (Å²) in [7, 11) is 1.54. The zero-order chi connectivity index (χ0) is 12.1. The molecular weight excluding hydrogens is 222 g/mol. The van der Waals surface area contributed by atoms with Gasteiger partial charge in [-0.2, -0.15) is 0 Å². The molecule has 2 N–H and O–H groups in total. The second kappa shape index (κ2) is 5.49. The van der Waals surface area contributed by atoms with Crippen LogP contribution in [0.3, 0.4) is 0 Å². The lowest BCUT2D eigenvalue weighted by Crippen LogP contribution is -2.38. The standard InChI is InChI=1S/C11H15N3O3/c1-16-10-3-2-8(6-12-10)13-11(15)14-9-4-5-17-7-9/h2-3,6,9H,4-5,7H2,1H3,(H2,13,14,15). The third-order valence-electron chi connectivity index (χ3n) is 2.47. The first-order valence-corrected chi connectivity index (χ1v) is 5.43. The molecule has 0 aliphatic carbocycles. The lowest BCUT2D eigenvalue weighted by Gasteiger charge is -2.11. The van der Waals surface area contributed by atoms with Crippen LogP contribution in [0.15, 0.2) is 18.3 Å². The molecule has 2 amide bonds. The largest absolute Gasteiger partial charge is 0.481 e. The van der Waals surface area contributed by atoms with E-state index in [1.165, 1.54) is 0 Å². The maximum absolute atomic E-state index is 11.6. The van der Waals surface area contributed by atoms with Crippen molar-refractivity contribution in [2.24, 2.45) is 0 Å². The van der Waals surface area contributed by atoms with E-state index in [0.717, 1.165) is 6.42 Å². The highest BCUT2D eigenvalue weighted by atomic mass is 16.5. The van der Waals surface area contributed by atoms with Crippen LogP contribution in [0.2, 0.25) is 0 Å². The van der Waals surface area contributed by atoms with Crippen LogP contribution in [0, 0.1) is 0 Å². The van der Waals surface area contributed by atoms with E-state index in [1.807, 2.05) is 0 Å². The number of aromatic nitrogens is 1. The van der Waals surface area contributed by atoms with Gasteiger partial charge in [-0.15, -0.1) is 0 Å². The Balaban J connectivity index is 1.84. The number of ether oxygens (including phenoxy) is 2. The number of urea groups is 1. The molecule has 92 valence electrons. The number of carbonyl (C=O) groups excluding carboxylic acids is 1. The number of hydrogen-bond acceptors (Lipinski definition) is 4. The number of anilines is 1. The minimum absolute atomic E-state index is 0.0983. The molecular formula is C11H15N3O3. The first kappa shape index (κ1) is 11.7. The van der Waals surface area contributed by atoms with Crippen LogP contribution >= 0.6 is 0 Å². The Labute approximate surface area is 99.3 Å². The number of hydrogen-bond donors (Lipinski definition) is 2. The molecule has 1 aliphatic rings. The molecule has 17 heavy (non-hydrogen) atoms. The summed E-state index contributed by atoms with van der Waals surface area (Å²) in [6.07, 6.45) is 2.40. The summed E-state index contributed by atoms with van der Waals surface area (Å²) >= 11 is 0. The van der Waals surface area contributed by atoms with Gasteiger partial charge in [-0.05, 0) is 12.5 Å². The quantitative estimate of drug-likeness (QED) is 0.822. The predicted octanol–water partition coefficient (Wildman–Crippen LogP) is 1.00. The maximum Gasteiger partial charge on any atom is 0.319 e. The number of nitrogens with zero attached hydrogens (tertiary/aromatic N) is 1. The molecule has 2 rings (SSSR count). The van der Waals surface area contributed by atoms with Gasteiger partial charge in [0.2, 0.25) is 5.88 Å². The highest BCUT2D eigenvalue weighted by Crippen LogP contribution is 2.11. The van der Waals surface area contributed by atoms with Gasteiger partial charge in [0.25, 0.3) is 0 Å². The molecule has 0 bridgehead atoms. The fraction of sp³-hybridized carbons (Fsp3) is 0.455. The predicted molar refractivity (Wildman–Crippen MR) is 62.2 cm³/mol. The minimum Gasteiger partial charge on any atom is -0.481 e. The van der Waals surface area contributed by atoms with Crippen molar-refractivity contribution >= 4 is 11.7 Å². The van der Waals surface area contributed by atoms with Crippen molar-refractivity contribution in [3.05, 3.63) is 18.3 Å². The van der Waals surface area contributed by atoms with Gasteiger partial charge in [0.15, 0.2) is 0 Å². The molecule has 0 saturated carbocycles. The summed E-state index contributed by atoms with van der Waals surface area (Å²) < 4.78 is 10.1. The van der Waals surface area contributed by atoms with Crippen LogP contribution in [0.1, 0.15) is 6.42 Å². The zero-order valence-electron chi connectivity index (χ0n) is 9.60. The molecule has 1 unspecified atom stereocenters. The van der Waals surface area contributed by atoms with Gasteiger partial charge in [0.1, 0.15) is 0 Å². The van der Waals surface area contributed by atoms with E-state index in [-0.39, 0.29) is 12.1 Å². The van der Waals surface area contributed by atoms with Crippen molar-refractivity contribution in [1.82, 2.24) is 10.3 Å². The van der Waals surface area contributed by atoms with Crippen LogP contribution in [0.25, 0.3) is 0 Å². The van der Waals surface area contributed by atoms with E-state index in [9.17, 15) is 4.79 Å². The number of nitrogens with one attached hydrogen (secondary N) is 2. The fourth-order valence-electron chi connectivity index (χ4n) is 1.58. The average Bonchev–Trinajstić information content (AvgIpc) is 2.82. The van der Waals surface area contributed by atoms with E-state index in [2.05, 4.69) is 15.6 Å². The van der Waals surface area contributed by atoms with Gasteiger partial charge in [0, 0.05) is 12.7 Å². The second-order valence-corrected chi connectivity index (χ2v) is 3.75. The molecule has 1 saturated heterocycles. The van der Waals surface area contributed by atoms with Gasteiger partial charge in [-0.25, -0.2) is 9.78 Å². The number of pyridine rings is 1. The smallest absolute Gasteiger partial charge is 0.319 e. The Morgan fingerprint density at radius 2 is 2.47 bits per heavy atom. The Kier molecular flexibility index (Phi) is 3.77. The van der Waals surface area contributed by atoms with Crippen molar-refractivity contribution in [3.63, 3.8) is 0 Å². The number of methoxy groups -OCH3 is 1. The Hall–Kier alpha value is -1.82. The lowest BCUT2D eigenvalue weighted by atomic mass is 10.3. The monoisotopic (exact) mass is 237 g/mol. The van der Waals surface area contributed by atoms with E-state index < -0.39 is 0 Å². The molecule has 1 fully saturated rings. The summed E-state index contributed by atoms with van der Waals surface area (Å²) in [5.74, 6) is 0.514. The average molecular weight is 237 g/mol. The topological polar surface area (TPSA) is 72.5 Å². The fourth-order valence-corrected chi connectivity index (χ4v) is 1.58.